The fraction of sp³-hybridized carbons (Fsp3) is 0.214. The largest absolute Gasteiger partial charge is 0.504 e. The lowest BCUT2D eigenvalue weighted by atomic mass is 10.1. The Bertz CT molecular complexity index is 600. The van der Waals surface area contributed by atoms with Crippen molar-refractivity contribution in [3.05, 3.63) is 45.1 Å². The highest BCUT2D eigenvalue weighted by Gasteiger charge is 2.13. The maximum absolute atomic E-state index is 11.9. The van der Waals surface area contributed by atoms with E-state index < -0.39 is 11.7 Å². The van der Waals surface area contributed by atoms with E-state index in [-0.39, 0.29) is 11.3 Å². The molecular weight excluding hydrogens is 262 g/mol. The summed E-state index contributed by atoms with van der Waals surface area (Å²) in [5.41, 5.74) is 1.28. The summed E-state index contributed by atoms with van der Waals surface area (Å²) < 4.78 is 0. The highest BCUT2D eigenvalue weighted by atomic mass is 32.1. The molecule has 2 aromatic rings. The van der Waals surface area contributed by atoms with E-state index in [9.17, 15) is 15.0 Å². The van der Waals surface area contributed by atoms with E-state index >= 15 is 0 Å². The van der Waals surface area contributed by atoms with E-state index in [0.717, 1.165) is 4.88 Å². The van der Waals surface area contributed by atoms with Gasteiger partial charge in [0.15, 0.2) is 11.5 Å². The Morgan fingerprint density at radius 2 is 2.05 bits per heavy atom. The fourth-order valence-corrected chi connectivity index (χ4v) is 2.71. The summed E-state index contributed by atoms with van der Waals surface area (Å²) in [6, 6.07) is 6.35. The number of hydrogen-bond acceptors (Lipinski definition) is 4. The van der Waals surface area contributed by atoms with Gasteiger partial charge in [0.1, 0.15) is 0 Å². The summed E-state index contributed by atoms with van der Waals surface area (Å²) >= 11 is 1.63. The van der Waals surface area contributed by atoms with Gasteiger partial charge >= 0.3 is 0 Å². The van der Waals surface area contributed by atoms with Crippen LogP contribution in [-0.2, 0) is 6.54 Å². The van der Waals surface area contributed by atoms with Crippen molar-refractivity contribution >= 4 is 17.2 Å². The normalized spacial score (nSPS) is 10.4. The van der Waals surface area contributed by atoms with Crippen molar-refractivity contribution in [2.24, 2.45) is 0 Å². The number of carbonyl (C=O) groups excluding carboxylic acids is 1. The second-order valence-electron chi connectivity index (χ2n) is 4.31. The zero-order chi connectivity index (χ0) is 14.0. The highest BCUT2D eigenvalue weighted by Crippen LogP contribution is 2.28. The van der Waals surface area contributed by atoms with Crippen molar-refractivity contribution in [3.8, 4) is 11.5 Å². The van der Waals surface area contributed by atoms with Crippen LogP contribution in [0.3, 0.4) is 0 Å². The van der Waals surface area contributed by atoms with Crippen molar-refractivity contribution < 1.29 is 15.0 Å². The van der Waals surface area contributed by atoms with E-state index in [2.05, 4.69) is 5.32 Å². The number of thiophene rings is 1. The lowest BCUT2D eigenvalue weighted by Crippen LogP contribution is -2.22. The van der Waals surface area contributed by atoms with Gasteiger partial charge in [0, 0.05) is 9.75 Å². The van der Waals surface area contributed by atoms with Crippen LogP contribution >= 0.6 is 11.3 Å². The van der Waals surface area contributed by atoms with Gasteiger partial charge in [-0.2, -0.15) is 0 Å². The minimum Gasteiger partial charge on any atom is -0.504 e. The van der Waals surface area contributed by atoms with Crippen LogP contribution in [0.25, 0.3) is 0 Å². The van der Waals surface area contributed by atoms with Crippen molar-refractivity contribution in [2.45, 2.75) is 20.4 Å². The van der Waals surface area contributed by atoms with Gasteiger partial charge in [0.2, 0.25) is 0 Å². The maximum atomic E-state index is 11.9. The lowest BCUT2D eigenvalue weighted by Gasteiger charge is -2.06. The number of carbonyl (C=O) groups is 1. The molecule has 0 aliphatic heterocycles. The fourth-order valence-electron chi connectivity index (χ4n) is 1.71. The van der Waals surface area contributed by atoms with Gasteiger partial charge in [0.05, 0.1) is 12.1 Å². The van der Waals surface area contributed by atoms with E-state index in [1.54, 1.807) is 11.3 Å². The smallest absolute Gasteiger partial charge is 0.255 e. The number of phenols is 2. The Balaban J connectivity index is 2.07. The summed E-state index contributed by atoms with van der Waals surface area (Å²) in [6.45, 7) is 4.47. The van der Waals surface area contributed by atoms with Crippen LogP contribution in [0.5, 0.6) is 11.5 Å². The molecule has 0 radical (unpaired) electrons. The highest BCUT2D eigenvalue weighted by molar-refractivity contribution is 7.12. The first-order valence-corrected chi connectivity index (χ1v) is 6.65. The third-order valence-corrected chi connectivity index (χ3v) is 4.05. The Morgan fingerprint density at radius 3 is 2.68 bits per heavy atom. The maximum Gasteiger partial charge on any atom is 0.255 e. The summed E-state index contributed by atoms with van der Waals surface area (Å²) in [5, 5.41) is 21.7. The zero-order valence-electron chi connectivity index (χ0n) is 10.7. The summed E-state index contributed by atoms with van der Waals surface area (Å²) in [4.78, 5) is 14.2. The molecule has 1 amide bonds. The first kappa shape index (κ1) is 13.4. The Labute approximate surface area is 115 Å². The predicted octanol–water partition coefficient (Wildman–Crippen LogP) is 2.71. The second-order valence-corrected chi connectivity index (χ2v) is 5.65. The average molecular weight is 277 g/mol. The number of aromatic hydroxyl groups is 2. The number of amides is 1. The van der Waals surface area contributed by atoms with Crippen LogP contribution in [-0.4, -0.2) is 16.1 Å². The van der Waals surface area contributed by atoms with Gasteiger partial charge < -0.3 is 15.5 Å². The minimum absolute atomic E-state index is 0.0741. The molecule has 1 aromatic heterocycles. The molecule has 1 heterocycles. The predicted molar refractivity (Wildman–Crippen MR) is 74.7 cm³/mol. The summed E-state index contributed by atoms with van der Waals surface area (Å²) in [5.74, 6) is -1.09. The summed E-state index contributed by atoms with van der Waals surface area (Å²) in [6.07, 6.45) is 0. The van der Waals surface area contributed by atoms with Gasteiger partial charge in [-0.1, -0.05) is 6.07 Å². The van der Waals surface area contributed by atoms with E-state index in [0.29, 0.717) is 6.54 Å². The van der Waals surface area contributed by atoms with E-state index in [4.69, 9.17) is 0 Å². The molecule has 0 atom stereocenters. The first-order chi connectivity index (χ1) is 8.99. The molecule has 2 rings (SSSR count). The van der Waals surface area contributed by atoms with E-state index in [1.807, 2.05) is 19.9 Å². The monoisotopic (exact) mass is 277 g/mol. The van der Waals surface area contributed by atoms with Crippen LogP contribution in [0, 0.1) is 13.8 Å². The van der Waals surface area contributed by atoms with Crippen molar-refractivity contribution in [2.75, 3.05) is 0 Å². The molecule has 0 aliphatic carbocycles. The average Bonchev–Trinajstić information content (AvgIpc) is 2.69. The molecule has 0 saturated heterocycles. The van der Waals surface area contributed by atoms with Crippen molar-refractivity contribution in [1.29, 1.82) is 0 Å². The number of nitrogens with one attached hydrogen (secondary N) is 1. The van der Waals surface area contributed by atoms with Gasteiger partial charge in [-0.25, -0.2) is 0 Å². The zero-order valence-corrected chi connectivity index (χ0v) is 11.5. The third kappa shape index (κ3) is 2.88. The molecular formula is C14H15NO3S. The number of rotatable bonds is 3. The molecule has 0 unspecified atom stereocenters. The molecule has 0 fully saturated rings. The lowest BCUT2D eigenvalue weighted by molar-refractivity contribution is 0.0948. The number of hydrogen-bond donors (Lipinski definition) is 3. The van der Waals surface area contributed by atoms with Crippen molar-refractivity contribution in [1.82, 2.24) is 5.32 Å². The Kier molecular flexibility index (Phi) is 3.76. The number of aryl methyl sites for hydroxylation is 2. The second kappa shape index (κ2) is 5.32. The van der Waals surface area contributed by atoms with Gasteiger partial charge in [-0.15, -0.1) is 11.3 Å². The molecule has 4 nitrogen and oxygen atoms in total. The molecule has 19 heavy (non-hydrogen) atoms. The van der Waals surface area contributed by atoms with Gasteiger partial charge in [-0.3, -0.25) is 4.79 Å². The minimum atomic E-state index is -0.405. The topological polar surface area (TPSA) is 69.6 Å². The molecule has 5 heteroatoms. The quantitative estimate of drug-likeness (QED) is 0.755. The number of benzene rings is 1. The molecule has 0 spiro atoms. The SMILES string of the molecule is Cc1cc(CNC(=O)c2cccc(O)c2O)sc1C. The molecule has 0 bridgehead atoms. The third-order valence-electron chi connectivity index (χ3n) is 2.90. The van der Waals surface area contributed by atoms with Crippen LogP contribution < -0.4 is 5.32 Å². The molecule has 100 valence electrons. The molecule has 3 N–H and O–H groups in total. The summed E-state index contributed by atoms with van der Waals surface area (Å²) in [7, 11) is 0. The van der Waals surface area contributed by atoms with Crippen LogP contribution in [0.2, 0.25) is 0 Å². The standard InChI is InChI=1S/C14H15NO3S/c1-8-6-10(19-9(8)2)7-15-14(18)11-4-3-5-12(16)13(11)17/h3-6,16-17H,7H2,1-2H3,(H,15,18). The number of para-hydroxylation sites is 1. The van der Waals surface area contributed by atoms with Crippen LogP contribution in [0.1, 0.15) is 25.7 Å². The molecule has 0 saturated carbocycles. The van der Waals surface area contributed by atoms with E-state index in [1.165, 1.54) is 28.6 Å². The van der Waals surface area contributed by atoms with Gasteiger partial charge in [0.25, 0.3) is 5.91 Å². The van der Waals surface area contributed by atoms with Gasteiger partial charge in [-0.05, 0) is 37.6 Å². The molecule has 0 aliphatic rings. The van der Waals surface area contributed by atoms with Crippen LogP contribution in [0.15, 0.2) is 24.3 Å². The van der Waals surface area contributed by atoms with Crippen molar-refractivity contribution in [3.63, 3.8) is 0 Å². The first-order valence-electron chi connectivity index (χ1n) is 5.84. The molecule has 1 aromatic carbocycles. The Morgan fingerprint density at radius 1 is 1.32 bits per heavy atom. The number of phenolic OH excluding ortho intramolecular Hbond substituents is 2. The van der Waals surface area contributed by atoms with Crippen LogP contribution in [0.4, 0.5) is 0 Å². The Hall–Kier alpha value is -2.01.